The third-order valence-electron chi connectivity index (χ3n) is 4.60. The van der Waals surface area contributed by atoms with Crippen molar-refractivity contribution in [3.05, 3.63) is 107 Å². The molecular formula is C25H21N3O3. The van der Waals surface area contributed by atoms with Crippen LogP contribution in [-0.4, -0.2) is 15.7 Å². The maximum atomic E-state index is 12.5. The van der Waals surface area contributed by atoms with Gasteiger partial charge >= 0.3 is 0 Å². The highest BCUT2D eigenvalue weighted by molar-refractivity contribution is 5.90. The third-order valence-corrected chi connectivity index (χ3v) is 4.60. The van der Waals surface area contributed by atoms with Gasteiger partial charge in [0.1, 0.15) is 18.0 Å². The van der Waals surface area contributed by atoms with Crippen LogP contribution in [0.1, 0.15) is 5.56 Å². The topological polar surface area (TPSA) is 73.2 Å². The molecule has 31 heavy (non-hydrogen) atoms. The summed E-state index contributed by atoms with van der Waals surface area (Å²) in [6, 6.07) is 27.4. The molecule has 0 fully saturated rings. The second kappa shape index (κ2) is 9.09. The lowest BCUT2D eigenvalue weighted by atomic mass is 10.1. The summed E-state index contributed by atoms with van der Waals surface area (Å²) in [6.07, 6.45) is 0. The Hall–Kier alpha value is -4.19. The summed E-state index contributed by atoms with van der Waals surface area (Å²) in [7, 11) is 0. The van der Waals surface area contributed by atoms with E-state index in [1.807, 2.05) is 67.6 Å². The lowest BCUT2D eigenvalue weighted by molar-refractivity contribution is -0.117. The number of amides is 1. The van der Waals surface area contributed by atoms with Crippen LogP contribution in [-0.2, 0) is 11.3 Å². The number of nitrogens with one attached hydrogen (secondary N) is 1. The van der Waals surface area contributed by atoms with E-state index in [-0.39, 0.29) is 18.0 Å². The van der Waals surface area contributed by atoms with Crippen LogP contribution < -0.4 is 15.6 Å². The van der Waals surface area contributed by atoms with E-state index >= 15 is 0 Å². The zero-order valence-corrected chi connectivity index (χ0v) is 17.0. The first-order valence-electron chi connectivity index (χ1n) is 9.85. The summed E-state index contributed by atoms with van der Waals surface area (Å²) >= 11 is 0. The lowest BCUT2D eigenvalue weighted by Crippen LogP contribution is -2.29. The number of aromatic nitrogens is 2. The van der Waals surface area contributed by atoms with Gasteiger partial charge in [0.15, 0.2) is 0 Å². The molecule has 0 aliphatic heterocycles. The van der Waals surface area contributed by atoms with Crippen molar-refractivity contribution >= 4 is 11.6 Å². The first-order valence-corrected chi connectivity index (χ1v) is 9.85. The van der Waals surface area contributed by atoms with Gasteiger partial charge in [0.2, 0.25) is 5.91 Å². The van der Waals surface area contributed by atoms with E-state index < -0.39 is 0 Å². The quantitative estimate of drug-likeness (QED) is 0.501. The number of nitrogens with zero attached hydrogens (tertiary/aromatic N) is 2. The molecule has 1 aromatic heterocycles. The molecule has 0 aliphatic rings. The molecule has 0 spiro atoms. The Kier molecular flexibility index (Phi) is 5.89. The number of ether oxygens (including phenoxy) is 1. The van der Waals surface area contributed by atoms with E-state index in [0.29, 0.717) is 22.9 Å². The van der Waals surface area contributed by atoms with Crippen LogP contribution in [0.2, 0.25) is 0 Å². The standard InChI is InChI=1S/C25H21N3O3/c1-18-10-12-21(13-11-18)31-22-9-5-8-20(16-22)26-24(29)17-28-25(30)15-14-23(27-28)19-6-3-2-4-7-19/h2-16H,17H2,1H3,(H,26,29). The predicted octanol–water partition coefficient (Wildman–Crippen LogP) is 4.65. The van der Waals surface area contributed by atoms with E-state index in [1.54, 1.807) is 24.3 Å². The van der Waals surface area contributed by atoms with Crippen LogP contribution >= 0.6 is 0 Å². The Morgan fingerprint density at radius 3 is 2.45 bits per heavy atom. The minimum absolute atomic E-state index is 0.192. The molecule has 0 saturated heterocycles. The largest absolute Gasteiger partial charge is 0.457 e. The van der Waals surface area contributed by atoms with Gasteiger partial charge in [0.05, 0.1) is 5.69 Å². The Balaban J connectivity index is 1.45. The number of benzene rings is 3. The molecule has 154 valence electrons. The van der Waals surface area contributed by atoms with Crippen molar-refractivity contribution in [2.75, 3.05) is 5.32 Å². The van der Waals surface area contributed by atoms with Crippen molar-refractivity contribution in [2.24, 2.45) is 0 Å². The highest BCUT2D eigenvalue weighted by atomic mass is 16.5. The Morgan fingerprint density at radius 1 is 0.903 bits per heavy atom. The first kappa shape index (κ1) is 20.1. The van der Waals surface area contributed by atoms with Crippen LogP contribution in [0.15, 0.2) is 95.8 Å². The van der Waals surface area contributed by atoms with E-state index in [1.165, 1.54) is 6.07 Å². The van der Waals surface area contributed by atoms with Gasteiger partial charge in [-0.2, -0.15) is 5.10 Å². The van der Waals surface area contributed by atoms with Crippen LogP contribution in [0.5, 0.6) is 11.5 Å². The van der Waals surface area contributed by atoms with Gasteiger partial charge in [-0.25, -0.2) is 4.68 Å². The fourth-order valence-corrected chi connectivity index (χ4v) is 3.04. The summed E-state index contributed by atoms with van der Waals surface area (Å²) in [5, 5.41) is 7.12. The summed E-state index contributed by atoms with van der Waals surface area (Å²) in [5.74, 6) is 0.956. The molecule has 6 nitrogen and oxygen atoms in total. The number of hydrogen-bond acceptors (Lipinski definition) is 4. The molecular weight excluding hydrogens is 390 g/mol. The predicted molar refractivity (Wildman–Crippen MR) is 120 cm³/mol. The summed E-state index contributed by atoms with van der Waals surface area (Å²) < 4.78 is 7.00. The monoisotopic (exact) mass is 411 g/mol. The van der Waals surface area contributed by atoms with Crippen molar-refractivity contribution in [3.63, 3.8) is 0 Å². The van der Waals surface area contributed by atoms with Crippen molar-refractivity contribution < 1.29 is 9.53 Å². The maximum absolute atomic E-state index is 12.5. The van der Waals surface area contributed by atoms with Gasteiger partial charge in [-0.05, 0) is 37.3 Å². The van der Waals surface area contributed by atoms with Crippen molar-refractivity contribution in [3.8, 4) is 22.8 Å². The molecule has 0 aliphatic carbocycles. The second-order valence-corrected chi connectivity index (χ2v) is 7.07. The summed E-state index contributed by atoms with van der Waals surface area (Å²) in [6.45, 7) is 1.82. The van der Waals surface area contributed by atoms with E-state index in [2.05, 4.69) is 10.4 Å². The molecule has 0 bridgehead atoms. The molecule has 4 rings (SSSR count). The van der Waals surface area contributed by atoms with E-state index in [0.717, 1.165) is 15.8 Å². The molecule has 1 N–H and O–H groups in total. The summed E-state index contributed by atoms with van der Waals surface area (Å²) in [4.78, 5) is 24.7. The smallest absolute Gasteiger partial charge is 0.267 e. The number of aryl methyl sites for hydroxylation is 1. The molecule has 0 radical (unpaired) electrons. The first-order chi connectivity index (χ1) is 15.1. The normalized spacial score (nSPS) is 10.5. The fourth-order valence-electron chi connectivity index (χ4n) is 3.04. The van der Waals surface area contributed by atoms with Crippen molar-refractivity contribution in [2.45, 2.75) is 13.5 Å². The van der Waals surface area contributed by atoms with Gasteiger partial charge in [0, 0.05) is 23.4 Å². The number of rotatable bonds is 6. The minimum atomic E-state index is -0.354. The molecule has 0 saturated carbocycles. The SMILES string of the molecule is Cc1ccc(Oc2cccc(NC(=O)Cn3nc(-c4ccccc4)ccc3=O)c2)cc1. The van der Waals surface area contributed by atoms with Crippen LogP contribution in [0.25, 0.3) is 11.3 Å². The van der Waals surface area contributed by atoms with Gasteiger partial charge in [0.25, 0.3) is 5.56 Å². The number of anilines is 1. The molecule has 0 unspecified atom stereocenters. The fraction of sp³-hybridized carbons (Fsp3) is 0.0800. The van der Waals surface area contributed by atoms with E-state index in [4.69, 9.17) is 4.74 Å². The Labute approximate surface area is 179 Å². The zero-order valence-electron chi connectivity index (χ0n) is 17.0. The molecule has 4 aromatic rings. The zero-order chi connectivity index (χ0) is 21.6. The highest BCUT2D eigenvalue weighted by Crippen LogP contribution is 2.24. The Bertz CT molecular complexity index is 1250. The van der Waals surface area contributed by atoms with Crippen molar-refractivity contribution in [1.29, 1.82) is 0 Å². The number of hydrogen-bond donors (Lipinski definition) is 1. The van der Waals surface area contributed by atoms with Gasteiger partial charge < -0.3 is 10.1 Å². The van der Waals surface area contributed by atoms with Gasteiger partial charge in [-0.15, -0.1) is 0 Å². The van der Waals surface area contributed by atoms with Crippen LogP contribution in [0, 0.1) is 6.92 Å². The molecule has 0 atom stereocenters. The van der Waals surface area contributed by atoms with E-state index in [9.17, 15) is 9.59 Å². The second-order valence-electron chi connectivity index (χ2n) is 7.07. The highest BCUT2D eigenvalue weighted by Gasteiger charge is 2.09. The summed E-state index contributed by atoms with van der Waals surface area (Å²) in [5.41, 5.74) is 2.88. The molecule has 3 aromatic carbocycles. The molecule has 1 amide bonds. The van der Waals surface area contributed by atoms with Gasteiger partial charge in [-0.1, -0.05) is 54.1 Å². The van der Waals surface area contributed by atoms with Crippen LogP contribution in [0.3, 0.4) is 0 Å². The Morgan fingerprint density at radius 2 is 1.68 bits per heavy atom. The number of carbonyl (C=O) groups excluding carboxylic acids is 1. The third kappa shape index (κ3) is 5.25. The van der Waals surface area contributed by atoms with Gasteiger partial charge in [-0.3, -0.25) is 9.59 Å². The minimum Gasteiger partial charge on any atom is -0.457 e. The number of carbonyl (C=O) groups is 1. The molecule has 1 heterocycles. The van der Waals surface area contributed by atoms with Crippen LogP contribution in [0.4, 0.5) is 5.69 Å². The average Bonchev–Trinajstić information content (AvgIpc) is 2.78. The maximum Gasteiger partial charge on any atom is 0.267 e. The molecule has 6 heteroatoms. The van der Waals surface area contributed by atoms with Crippen molar-refractivity contribution in [1.82, 2.24) is 9.78 Å². The average molecular weight is 411 g/mol. The lowest BCUT2D eigenvalue weighted by Gasteiger charge is -2.10.